The van der Waals surface area contributed by atoms with Crippen molar-refractivity contribution in [1.82, 2.24) is 4.98 Å². The first-order valence-electron chi connectivity index (χ1n) is 6.30. The van der Waals surface area contributed by atoms with Gasteiger partial charge in [-0.25, -0.2) is 8.42 Å². The lowest BCUT2D eigenvalue weighted by atomic mass is 10.1. The number of nitrogens with one attached hydrogen (secondary N) is 1. The number of nitrogens with zero attached hydrogens (tertiary/aromatic N) is 2. The number of carbonyl (C=O) groups excluding carboxylic acids is 1. The average molecular weight is 323 g/mol. The number of fused-ring (bicyclic) bond motifs is 1. The van der Waals surface area contributed by atoms with E-state index in [4.69, 9.17) is 0 Å². The number of rotatable bonds is 3. The Labute approximate surface area is 126 Å². The van der Waals surface area contributed by atoms with Crippen molar-refractivity contribution in [2.24, 2.45) is 0 Å². The van der Waals surface area contributed by atoms with Crippen molar-refractivity contribution < 1.29 is 13.2 Å². The van der Waals surface area contributed by atoms with E-state index in [9.17, 15) is 13.2 Å². The molecule has 0 aliphatic carbocycles. The Bertz CT molecular complexity index is 785. The minimum absolute atomic E-state index is 0.0452. The Hall–Kier alpha value is -1.93. The van der Waals surface area contributed by atoms with E-state index in [0.29, 0.717) is 12.2 Å². The molecule has 0 saturated carbocycles. The van der Waals surface area contributed by atoms with Crippen molar-refractivity contribution >= 4 is 38.6 Å². The van der Waals surface area contributed by atoms with Crippen molar-refractivity contribution in [3.63, 3.8) is 0 Å². The number of carbonyl (C=O) groups is 1. The van der Waals surface area contributed by atoms with Crippen molar-refractivity contribution in [3.05, 3.63) is 35.5 Å². The van der Waals surface area contributed by atoms with Gasteiger partial charge in [-0.3, -0.25) is 14.5 Å². The Balaban J connectivity index is 1.92. The summed E-state index contributed by atoms with van der Waals surface area (Å²) in [5, 5.41) is 0. The van der Waals surface area contributed by atoms with E-state index >= 15 is 0 Å². The Morgan fingerprint density at radius 1 is 1.43 bits per heavy atom. The molecule has 0 bridgehead atoms. The van der Waals surface area contributed by atoms with Crippen molar-refractivity contribution in [2.45, 2.75) is 17.6 Å². The summed E-state index contributed by atoms with van der Waals surface area (Å²) in [6, 6.07) is 5.26. The molecule has 1 aliphatic rings. The zero-order valence-corrected chi connectivity index (χ0v) is 12.9. The maximum atomic E-state index is 12.2. The van der Waals surface area contributed by atoms with Crippen LogP contribution in [0.5, 0.6) is 0 Å². The van der Waals surface area contributed by atoms with Crippen LogP contribution in [0.1, 0.15) is 12.5 Å². The van der Waals surface area contributed by atoms with Crippen LogP contribution in [0.2, 0.25) is 0 Å². The fourth-order valence-corrected chi connectivity index (χ4v) is 4.16. The van der Waals surface area contributed by atoms with Gasteiger partial charge in [-0.05, 0) is 24.1 Å². The number of benzene rings is 1. The number of thiazole rings is 1. The summed E-state index contributed by atoms with van der Waals surface area (Å²) in [7, 11) is -3.62. The fraction of sp³-hybridized carbons (Fsp3) is 0.231. The molecular formula is C13H13N3O3S2. The second-order valence-corrected chi connectivity index (χ2v) is 7.49. The number of sulfonamides is 1. The van der Waals surface area contributed by atoms with Gasteiger partial charge in [-0.1, -0.05) is 6.07 Å². The fourth-order valence-electron chi connectivity index (χ4n) is 2.31. The van der Waals surface area contributed by atoms with Gasteiger partial charge in [0, 0.05) is 19.2 Å². The molecule has 0 atom stereocenters. The van der Waals surface area contributed by atoms with Crippen LogP contribution in [-0.4, -0.2) is 25.9 Å². The minimum Gasteiger partial charge on any atom is -0.312 e. The van der Waals surface area contributed by atoms with Gasteiger partial charge >= 0.3 is 0 Å². The summed E-state index contributed by atoms with van der Waals surface area (Å²) in [6.45, 7) is 2.14. The van der Waals surface area contributed by atoms with Crippen LogP contribution >= 0.6 is 11.3 Å². The first-order valence-corrected chi connectivity index (χ1v) is 8.66. The van der Waals surface area contributed by atoms with E-state index in [1.165, 1.54) is 18.6 Å². The van der Waals surface area contributed by atoms with Gasteiger partial charge in [-0.15, -0.1) is 11.3 Å². The van der Waals surface area contributed by atoms with E-state index in [-0.39, 0.29) is 10.1 Å². The van der Waals surface area contributed by atoms with Gasteiger partial charge in [-0.2, -0.15) is 0 Å². The second kappa shape index (κ2) is 5.12. The number of aromatic nitrogens is 1. The van der Waals surface area contributed by atoms with Crippen LogP contribution in [0.25, 0.3) is 0 Å². The number of amides is 1. The Morgan fingerprint density at radius 2 is 2.24 bits per heavy atom. The predicted molar refractivity (Wildman–Crippen MR) is 81.1 cm³/mol. The Morgan fingerprint density at radius 3 is 2.90 bits per heavy atom. The minimum atomic E-state index is -3.62. The molecular weight excluding hydrogens is 310 g/mol. The molecule has 0 saturated heterocycles. The molecule has 0 fully saturated rings. The van der Waals surface area contributed by atoms with Crippen LogP contribution < -0.4 is 9.62 Å². The first kappa shape index (κ1) is 14.0. The third kappa shape index (κ3) is 2.64. The number of anilines is 2. The highest BCUT2D eigenvalue weighted by atomic mass is 32.2. The predicted octanol–water partition coefficient (Wildman–Crippen LogP) is 1.85. The third-order valence-corrected chi connectivity index (χ3v) is 5.94. The molecule has 1 aromatic heterocycles. The standard InChI is InChI=1S/C13H13N3O3S2/c1-9(17)16-5-4-10-2-3-11(6-12(10)16)15-21(18,19)13-7-14-8-20-13/h2-3,6-8,15H,4-5H2,1H3. The highest BCUT2D eigenvalue weighted by molar-refractivity contribution is 7.94. The molecule has 8 heteroatoms. The van der Waals surface area contributed by atoms with E-state index in [1.807, 2.05) is 6.07 Å². The van der Waals surface area contributed by atoms with E-state index in [1.54, 1.807) is 17.0 Å². The number of hydrogen-bond donors (Lipinski definition) is 1. The van der Waals surface area contributed by atoms with Crippen LogP contribution in [0.3, 0.4) is 0 Å². The van der Waals surface area contributed by atoms with Crippen LogP contribution in [-0.2, 0) is 21.2 Å². The molecule has 6 nitrogen and oxygen atoms in total. The molecule has 1 aliphatic heterocycles. The molecule has 0 radical (unpaired) electrons. The lowest BCUT2D eigenvalue weighted by Crippen LogP contribution is -2.25. The van der Waals surface area contributed by atoms with E-state index in [0.717, 1.165) is 29.0 Å². The highest BCUT2D eigenvalue weighted by Gasteiger charge is 2.23. The normalized spacial score (nSPS) is 14.0. The first-order chi connectivity index (χ1) is 9.97. The molecule has 2 aromatic rings. The zero-order valence-electron chi connectivity index (χ0n) is 11.2. The molecule has 2 heterocycles. The smallest absolute Gasteiger partial charge is 0.273 e. The van der Waals surface area contributed by atoms with Crippen LogP contribution in [0, 0.1) is 0 Å². The van der Waals surface area contributed by atoms with Crippen molar-refractivity contribution in [1.29, 1.82) is 0 Å². The highest BCUT2D eigenvalue weighted by Crippen LogP contribution is 2.31. The third-order valence-electron chi connectivity index (χ3n) is 3.29. The molecule has 3 rings (SSSR count). The maximum absolute atomic E-state index is 12.2. The monoisotopic (exact) mass is 323 g/mol. The van der Waals surface area contributed by atoms with Gasteiger partial charge in [0.2, 0.25) is 5.91 Å². The quantitative estimate of drug-likeness (QED) is 0.935. The van der Waals surface area contributed by atoms with Crippen molar-refractivity contribution in [2.75, 3.05) is 16.2 Å². The van der Waals surface area contributed by atoms with Crippen LogP contribution in [0.4, 0.5) is 11.4 Å². The molecule has 1 aromatic carbocycles. The zero-order chi connectivity index (χ0) is 15.0. The molecule has 1 N–H and O–H groups in total. The summed E-state index contributed by atoms with van der Waals surface area (Å²) >= 11 is 1.05. The van der Waals surface area contributed by atoms with Crippen molar-refractivity contribution in [3.8, 4) is 0 Å². The van der Waals surface area contributed by atoms with E-state index < -0.39 is 10.0 Å². The lowest BCUT2D eigenvalue weighted by molar-refractivity contribution is -0.116. The van der Waals surface area contributed by atoms with Crippen LogP contribution in [0.15, 0.2) is 34.1 Å². The molecule has 110 valence electrons. The Kier molecular flexibility index (Phi) is 3.42. The molecule has 0 unspecified atom stereocenters. The molecule has 0 spiro atoms. The molecule has 21 heavy (non-hydrogen) atoms. The summed E-state index contributed by atoms with van der Waals surface area (Å²) in [4.78, 5) is 17.0. The van der Waals surface area contributed by atoms with Gasteiger partial charge in [0.05, 0.1) is 17.4 Å². The molecule has 1 amide bonds. The largest absolute Gasteiger partial charge is 0.312 e. The summed E-state index contributed by atoms with van der Waals surface area (Å²) in [6.07, 6.45) is 2.10. The maximum Gasteiger partial charge on any atom is 0.273 e. The summed E-state index contributed by atoms with van der Waals surface area (Å²) in [5.41, 5.74) is 3.72. The topological polar surface area (TPSA) is 79.4 Å². The van der Waals surface area contributed by atoms with Gasteiger partial charge in [0.15, 0.2) is 4.21 Å². The second-order valence-electron chi connectivity index (χ2n) is 4.69. The van der Waals surface area contributed by atoms with Gasteiger partial charge in [0.25, 0.3) is 10.0 Å². The van der Waals surface area contributed by atoms with Gasteiger partial charge < -0.3 is 4.90 Å². The van der Waals surface area contributed by atoms with E-state index in [2.05, 4.69) is 9.71 Å². The summed E-state index contributed by atoms with van der Waals surface area (Å²) in [5.74, 6) is -0.0452. The summed E-state index contributed by atoms with van der Waals surface area (Å²) < 4.78 is 27.0. The average Bonchev–Trinajstić information content (AvgIpc) is 3.07. The SMILES string of the molecule is CC(=O)N1CCc2ccc(NS(=O)(=O)c3cncs3)cc21. The lowest BCUT2D eigenvalue weighted by Gasteiger charge is -2.16. The van der Waals surface area contributed by atoms with Gasteiger partial charge in [0.1, 0.15) is 0 Å². The number of hydrogen-bond acceptors (Lipinski definition) is 5.